The van der Waals surface area contributed by atoms with Crippen molar-refractivity contribution in [1.82, 2.24) is 0 Å². The lowest BCUT2D eigenvalue weighted by Gasteiger charge is -2.19. The number of hydrogen-bond acceptors (Lipinski definition) is 3. The molecule has 22 heavy (non-hydrogen) atoms. The van der Waals surface area contributed by atoms with E-state index in [-0.39, 0.29) is 11.7 Å². The van der Waals surface area contributed by atoms with Crippen molar-refractivity contribution in [2.24, 2.45) is 5.73 Å². The summed E-state index contributed by atoms with van der Waals surface area (Å²) < 4.78 is 5.46. The minimum absolute atomic E-state index is 0.182. The molecule has 2 aromatic rings. The Labute approximate surface area is 132 Å². The van der Waals surface area contributed by atoms with Crippen molar-refractivity contribution in [2.75, 3.05) is 13.2 Å². The summed E-state index contributed by atoms with van der Waals surface area (Å²) >= 11 is 0. The number of aryl methyl sites for hydroxylation is 2. The fraction of sp³-hybridized carbons (Fsp3) is 0.368. The van der Waals surface area contributed by atoms with Crippen LogP contribution in [0.2, 0.25) is 0 Å². The number of hydrogen-bond donors (Lipinski definition) is 2. The Morgan fingerprint density at radius 2 is 1.91 bits per heavy atom. The molecule has 0 heterocycles. The maximum Gasteiger partial charge on any atom is 0.161 e. The summed E-state index contributed by atoms with van der Waals surface area (Å²) in [6.45, 7) is 7.27. The van der Waals surface area contributed by atoms with E-state index < -0.39 is 0 Å². The van der Waals surface area contributed by atoms with E-state index in [2.05, 4.69) is 32.0 Å². The van der Waals surface area contributed by atoms with Crippen molar-refractivity contribution in [3.8, 4) is 11.5 Å². The van der Waals surface area contributed by atoms with Crippen LogP contribution in [0.4, 0.5) is 0 Å². The number of phenolic OH excluding ortho intramolecular Hbond substituents is 1. The molecule has 0 radical (unpaired) electrons. The average molecular weight is 299 g/mol. The van der Waals surface area contributed by atoms with Gasteiger partial charge in [0.1, 0.15) is 0 Å². The molecule has 0 spiro atoms. The molecule has 0 amide bonds. The lowest BCUT2D eigenvalue weighted by Crippen LogP contribution is -2.16. The SMILES string of the molecule is CCOc1cc(CC(CN)c2ccc(C)cc2C)ccc1O. The Morgan fingerprint density at radius 3 is 2.55 bits per heavy atom. The highest BCUT2D eigenvalue weighted by Gasteiger charge is 2.14. The third-order valence-corrected chi connectivity index (χ3v) is 3.96. The topological polar surface area (TPSA) is 55.5 Å². The molecular weight excluding hydrogens is 274 g/mol. The molecule has 118 valence electrons. The van der Waals surface area contributed by atoms with Gasteiger partial charge in [-0.25, -0.2) is 0 Å². The fourth-order valence-electron chi connectivity index (χ4n) is 2.85. The fourth-order valence-corrected chi connectivity index (χ4v) is 2.85. The van der Waals surface area contributed by atoms with E-state index in [0.717, 1.165) is 12.0 Å². The van der Waals surface area contributed by atoms with Crippen LogP contribution in [-0.4, -0.2) is 18.3 Å². The molecule has 0 aliphatic rings. The number of aromatic hydroxyl groups is 1. The highest BCUT2D eigenvalue weighted by Crippen LogP contribution is 2.30. The minimum atomic E-state index is 0.182. The second-order valence-electron chi connectivity index (χ2n) is 5.73. The van der Waals surface area contributed by atoms with Gasteiger partial charge < -0.3 is 15.6 Å². The van der Waals surface area contributed by atoms with Gasteiger partial charge in [0.15, 0.2) is 11.5 Å². The Balaban J connectivity index is 2.25. The van der Waals surface area contributed by atoms with Gasteiger partial charge in [0.2, 0.25) is 0 Å². The van der Waals surface area contributed by atoms with Crippen LogP contribution in [0.25, 0.3) is 0 Å². The maximum absolute atomic E-state index is 9.80. The van der Waals surface area contributed by atoms with E-state index in [4.69, 9.17) is 10.5 Å². The van der Waals surface area contributed by atoms with Crippen molar-refractivity contribution in [2.45, 2.75) is 33.1 Å². The van der Waals surface area contributed by atoms with Gasteiger partial charge in [-0.05, 0) is 62.6 Å². The predicted octanol–water partition coefficient (Wildman–Crippen LogP) is 3.69. The van der Waals surface area contributed by atoms with Crippen molar-refractivity contribution in [3.05, 3.63) is 58.7 Å². The lowest BCUT2D eigenvalue weighted by molar-refractivity contribution is 0.317. The normalized spacial score (nSPS) is 12.2. The van der Waals surface area contributed by atoms with Gasteiger partial charge in [0.25, 0.3) is 0 Å². The van der Waals surface area contributed by atoms with Crippen LogP contribution in [0.3, 0.4) is 0 Å². The number of rotatable bonds is 6. The molecule has 1 unspecified atom stereocenters. The molecule has 2 aromatic carbocycles. The molecule has 0 aliphatic carbocycles. The Morgan fingerprint density at radius 1 is 1.14 bits per heavy atom. The molecule has 0 fully saturated rings. The molecule has 2 rings (SSSR count). The summed E-state index contributed by atoms with van der Waals surface area (Å²) in [5.74, 6) is 0.984. The number of phenols is 1. The van der Waals surface area contributed by atoms with Gasteiger partial charge in [-0.3, -0.25) is 0 Å². The smallest absolute Gasteiger partial charge is 0.161 e. The van der Waals surface area contributed by atoms with E-state index in [1.165, 1.54) is 16.7 Å². The molecule has 3 heteroatoms. The zero-order chi connectivity index (χ0) is 16.1. The zero-order valence-corrected chi connectivity index (χ0v) is 13.6. The Bertz CT molecular complexity index is 637. The molecule has 0 aliphatic heterocycles. The molecule has 0 saturated carbocycles. The first-order valence-corrected chi connectivity index (χ1v) is 7.77. The average Bonchev–Trinajstić information content (AvgIpc) is 2.49. The van der Waals surface area contributed by atoms with E-state index in [9.17, 15) is 5.11 Å². The predicted molar refractivity (Wildman–Crippen MR) is 90.7 cm³/mol. The second kappa shape index (κ2) is 7.32. The van der Waals surface area contributed by atoms with Crippen LogP contribution in [-0.2, 0) is 6.42 Å². The Kier molecular flexibility index (Phi) is 5.45. The lowest BCUT2D eigenvalue weighted by atomic mass is 9.88. The van der Waals surface area contributed by atoms with Gasteiger partial charge >= 0.3 is 0 Å². The van der Waals surface area contributed by atoms with Crippen LogP contribution in [0.15, 0.2) is 36.4 Å². The molecule has 0 bridgehead atoms. The highest BCUT2D eigenvalue weighted by molar-refractivity contribution is 5.43. The molecular formula is C19H25NO2. The van der Waals surface area contributed by atoms with Crippen molar-refractivity contribution in [3.63, 3.8) is 0 Å². The largest absolute Gasteiger partial charge is 0.504 e. The summed E-state index contributed by atoms with van der Waals surface area (Å²) in [6, 6.07) is 12.0. The first kappa shape index (κ1) is 16.4. The van der Waals surface area contributed by atoms with Gasteiger partial charge in [-0.2, -0.15) is 0 Å². The number of nitrogens with two attached hydrogens (primary N) is 1. The van der Waals surface area contributed by atoms with Gasteiger partial charge in [0, 0.05) is 5.92 Å². The van der Waals surface area contributed by atoms with E-state index in [1.807, 2.05) is 19.1 Å². The molecule has 1 atom stereocenters. The third-order valence-electron chi connectivity index (χ3n) is 3.96. The summed E-state index contributed by atoms with van der Waals surface area (Å²) in [4.78, 5) is 0. The van der Waals surface area contributed by atoms with E-state index in [0.29, 0.717) is 18.9 Å². The molecule has 3 N–H and O–H groups in total. The quantitative estimate of drug-likeness (QED) is 0.855. The zero-order valence-electron chi connectivity index (χ0n) is 13.6. The van der Waals surface area contributed by atoms with E-state index in [1.54, 1.807) is 6.07 Å². The first-order chi connectivity index (χ1) is 10.5. The van der Waals surface area contributed by atoms with Gasteiger partial charge in [-0.1, -0.05) is 29.8 Å². The summed E-state index contributed by atoms with van der Waals surface area (Å²) in [5, 5.41) is 9.80. The standard InChI is InChI=1S/C19H25NO2/c1-4-22-19-11-15(6-8-18(19)21)10-16(12-20)17-7-5-13(2)9-14(17)3/h5-9,11,16,21H,4,10,12,20H2,1-3H3. The highest BCUT2D eigenvalue weighted by atomic mass is 16.5. The van der Waals surface area contributed by atoms with Crippen LogP contribution < -0.4 is 10.5 Å². The summed E-state index contributed by atoms with van der Waals surface area (Å²) in [7, 11) is 0. The summed E-state index contributed by atoms with van der Waals surface area (Å²) in [6.07, 6.45) is 0.834. The number of ether oxygens (including phenoxy) is 1. The second-order valence-corrected chi connectivity index (χ2v) is 5.73. The minimum Gasteiger partial charge on any atom is -0.504 e. The van der Waals surface area contributed by atoms with Crippen LogP contribution in [0, 0.1) is 13.8 Å². The van der Waals surface area contributed by atoms with Crippen LogP contribution >= 0.6 is 0 Å². The van der Waals surface area contributed by atoms with Crippen molar-refractivity contribution >= 4 is 0 Å². The van der Waals surface area contributed by atoms with Crippen LogP contribution in [0.5, 0.6) is 11.5 Å². The van der Waals surface area contributed by atoms with Crippen molar-refractivity contribution < 1.29 is 9.84 Å². The maximum atomic E-state index is 9.80. The van der Waals surface area contributed by atoms with Gasteiger partial charge in [0.05, 0.1) is 6.61 Å². The van der Waals surface area contributed by atoms with E-state index >= 15 is 0 Å². The Hall–Kier alpha value is -2.00. The van der Waals surface area contributed by atoms with Gasteiger partial charge in [-0.15, -0.1) is 0 Å². The molecule has 0 aromatic heterocycles. The van der Waals surface area contributed by atoms with Crippen LogP contribution in [0.1, 0.15) is 35.1 Å². The monoisotopic (exact) mass is 299 g/mol. The first-order valence-electron chi connectivity index (χ1n) is 7.77. The number of benzene rings is 2. The third kappa shape index (κ3) is 3.80. The molecule has 0 saturated heterocycles. The summed E-state index contributed by atoms with van der Waals surface area (Å²) in [5.41, 5.74) is 11.0. The molecule has 3 nitrogen and oxygen atoms in total. The van der Waals surface area contributed by atoms with Crippen molar-refractivity contribution in [1.29, 1.82) is 0 Å².